The predicted octanol–water partition coefficient (Wildman–Crippen LogP) is 1.51. The number of hydrogen-bond donors (Lipinski definition) is 1. The fourth-order valence-corrected chi connectivity index (χ4v) is 3.20. The number of aliphatic hydroxyl groups excluding tert-OH is 1. The SMILES string of the molecule is C=CC1OCC2C(=O)N(CCCCCCCCO)C(=O)C12. The van der Waals surface area contributed by atoms with Gasteiger partial charge in [-0.2, -0.15) is 0 Å². The van der Waals surface area contributed by atoms with Crippen molar-refractivity contribution < 1.29 is 19.4 Å². The summed E-state index contributed by atoms with van der Waals surface area (Å²) in [6.45, 7) is 4.79. The zero-order valence-corrected chi connectivity index (χ0v) is 12.5. The molecular weight excluding hydrogens is 270 g/mol. The van der Waals surface area contributed by atoms with Crippen LogP contribution in [0.1, 0.15) is 38.5 Å². The maximum atomic E-state index is 12.3. The number of unbranched alkanes of at least 4 members (excludes halogenated alkanes) is 5. The average molecular weight is 295 g/mol. The van der Waals surface area contributed by atoms with Crippen molar-refractivity contribution in [3.63, 3.8) is 0 Å². The quantitative estimate of drug-likeness (QED) is 0.398. The summed E-state index contributed by atoms with van der Waals surface area (Å²) < 4.78 is 5.43. The van der Waals surface area contributed by atoms with Crippen molar-refractivity contribution in [2.24, 2.45) is 11.8 Å². The summed E-state index contributed by atoms with van der Waals surface area (Å²) in [7, 11) is 0. The summed E-state index contributed by atoms with van der Waals surface area (Å²) in [5.74, 6) is -0.813. The van der Waals surface area contributed by atoms with E-state index in [-0.39, 0.29) is 36.4 Å². The Bertz CT molecular complexity index is 396. The van der Waals surface area contributed by atoms with Gasteiger partial charge in [0.25, 0.3) is 0 Å². The molecule has 0 bridgehead atoms. The lowest BCUT2D eigenvalue weighted by atomic mass is 9.93. The molecule has 0 saturated carbocycles. The standard InChI is InChI=1S/C16H25NO4/c1-2-13-14-12(11-21-13)15(19)17(16(14)20)9-7-5-3-4-6-8-10-18/h2,12-14,18H,1,3-11H2. The van der Waals surface area contributed by atoms with Crippen LogP contribution in [0.4, 0.5) is 0 Å². The van der Waals surface area contributed by atoms with Crippen LogP contribution in [0.2, 0.25) is 0 Å². The number of hydrogen-bond acceptors (Lipinski definition) is 4. The second kappa shape index (κ2) is 7.71. The molecule has 0 spiro atoms. The zero-order valence-electron chi connectivity index (χ0n) is 12.5. The van der Waals surface area contributed by atoms with Gasteiger partial charge in [0.2, 0.25) is 11.8 Å². The topological polar surface area (TPSA) is 66.8 Å². The van der Waals surface area contributed by atoms with Gasteiger partial charge in [0.15, 0.2) is 0 Å². The van der Waals surface area contributed by atoms with Gasteiger partial charge in [-0.1, -0.05) is 31.8 Å². The Labute approximate surface area is 126 Å². The van der Waals surface area contributed by atoms with Gasteiger partial charge in [0, 0.05) is 13.2 Å². The first-order chi connectivity index (χ1) is 10.2. The molecule has 2 amide bonds. The number of imide groups is 1. The van der Waals surface area contributed by atoms with Gasteiger partial charge in [-0.15, -0.1) is 6.58 Å². The molecule has 0 aromatic rings. The van der Waals surface area contributed by atoms with Crippen LogP contribution in [0.3, 0.4) is 0 Å². The Morgan fingerprint density at radius 2 is 1.81 bits per heavy atom. The van der Waals surface area contributed by atoms with Crippen molar-refractivity contribution in [3.05, 3.63) is 12.7 Å². The van der Waals surface area contributed by atoms with Crippen LogP contribution in [0, 0.1) is 11.8 Å². The van der Waals surface area contributed by atoms with E-state index >= 15 is 0 Å². The molecule has 0 radical (unpaired) electrons. The molecule has 0 aliphatic carbocycles. The normalized spacial score (nSPS) is 28.2. The van der Waals surface area contributed by atoms with E-state index in [1.165, 1.54) is 4.90 Å². The summed E-state index contributed by atoms with van der Waals surface area (Å²) >= 11 is 0. The van der Waals surface area contributed by atoms with E-state index in [0.717, 1.165) is 38.5 Å². The van der Waals surface area contributed by atoms with Crippen molar-refractivity contribution in [1.29, 1.82) is 0 Å². The summed E-state index contributed by atoms with van der Waals surface area (Å²) in [5, 5.41) is 8.69. The summed E-state index contributed by atoms with van der Waals surface area (Å²) in [5.41, 5.74) is 0. The first-order valence-corrected chi connectivity index (χ1v) is 7.91. The first-order valence-electron chi connectivity index (χ1n) is 7.91. The molecule has 2 rings (SSSR count). The number of nitrogens with zero attached hydrogens (tertiary/aromatic N) is 1. The summed E-state index contributed by atoms with van der Waals surface area (Å²) in [6, 6.07) is 0. The van der Waals surface area contributed by atoms with E-state index in [2.05, 4.69) is 6.58 Å². The molecule has 5 heteroatoms. The fraction of sp³-hybridized carbons (Fsp3) is 0.750. The molecule has 2 fully saturated rings. The van der Waals surface area contributed by atoms with Crippen molar-refractivity contribution in [3.8, 4) is 0 Å². The third-order valence-corrected chi connectivity index (χ3v) is 4.41. The largest absolute Gasteiger partial charge is 0.396 e. The highest BCUT2D eigenvalue weighted by atomic mass is 16.5. The molecular formula is C16H25NO4. The highest BCUT2D eigenvalue weighted by Crippen LogP contribution is 2.36. The number of carbonyl (C=O) groups is 2. The first kappa shape index (κ1) is 16.2. The monoisotopic (exact) mass is 295 g/mol. The second-order valence-corrected chi connectivity index (χ2v) is 5.84. The van der Waals surface area contributed by atoms with Crippen LogP contribution in [0.15, 0.2) is 12.7 Å². The minimum atomic E-state index is -0.348. The molecule has 2 saturated heterocycles. The number of likely N-dealkylation sites (tertiary alicyclic amines) is 1. The number of carbonyl (C=O) groups excluding carboxylic acids is 2. The van der Waals surface area contributed by atoms with E-state index in [0.29, 0.717) is 13.2 Å². The van der Waals surface area contributed by atoms with Gasteiger partial charge in [-0.25, -0.2) is 0 Å². The van der Waals surface area contributed by atoms with Gasteiger partial charge in [0.1, 0.15) is 0 Å². The van der Waals surface area contributed by atoms with Gasteiger partial charge in [-0.3, -0.25) is 14.5 Å². The van der Waals surface area contributed by atoms with Gasteiger partial charge in [0.05, 0.1) is 24.5 Å². The molecule has 5 nitrogen and oxygen atoms in total. The Balaban J connectivity index is 1.73. The lowest BCUT2D eigenvalue weighted by molar-refractivity contribution is -0.142. The molecule has 0 aromatic heterocycles. The predicted molar refractivity (Wildman–Crippen MR) is 78.4 cm³/mol. The molecule has 118 valence electrons. The van der Waals surface area contributed by atoms with Gasteiger partial charge < -0.3 is 9.84 Å². The highest BCUT2D eigenvalue weighted by Gasteiger charge is 2.54. The van der Waals surface area contributed by atoms with E-state index in [1.54, 1.807) is 6.08 Å². The third-order valence-electron chi connectivity index (χ3n) is 4.41. The molecule has 2 heterocycles. The Morgan fingerprint density at radius 1 is 1.14 bits per heavy atom. The summed E-state index contributed by atoms with van der Waals surface area (Å²) in [6.07, 6.45) is 7.27. The van der Waals surface area contributed by atoms with E-state index in [9.17, 15) is 9.59 Å². The molecule has 2 aliphatic rings. The van der Waals surface area contributed by atoms with Crippen LogP contribution in [0.5, 0.6) is 0 Å². The summed E-state index contributed by atoms with van der Waals surface area (Å²) in [4.78, 5) is 26.0. The van der Waals surface area contributed by atoms with Crippen LogP contribution >= 0.6 is 0 Å². The van der Waals surface area contributed by atoms with Crippen LogP contribution in [0.25, 0.3) is 0 Å². The minimum absolute atomic E-state index is 0.0744. The van der Waals surface area contributed by atoms with Gasteiger partial charge >= 0.3 is 0 Å². The maximum absolute atomic E-state index is 12.3. The fourth-order valence-electron chi connectivity index (χ4n) is 3.20. The van der Waals surface area contributed by atoms with Crippen LogP contribution in [-0.2, 0) is 14.3 Å². The molecule has 0 aromatic carbocycles. The Morgan fingerprint density at radius 3 is 2.48 bits per heavy atom. The van der Waals surface area contributed by atoms with E-state index in [4.69, 9.17) is 9.84 Å². The third kappa shape index (κ3) is 3.52. The van der Waals surface area contributed by atoms with Crippen molar-refractivity contribution in [2.75, 3.05) is 19.8 Å². The number of amides is 2. The van der Waals surface area contributed by atoms with E-state index in [1.807, 2.05) is 0 Å². The van der Waals surface area contributed by atoms with Crippen LogP contribution in [-0.4, -0.2) is 47.7 Å². The number of ether oxygens (including phenoxy) is 1. The maximum Gasteiger partial charge on any atom is 0.236 e. The lowest BCUT2D eigenvalue weighted by Gasteiger charge is -2.17. The highest BCUT2D eigenvalue weighted by molar-refractivity contribution is 6.06. The Kier molecular flexibility index (Phi) is 5.94. The zero-order chi connectivity index (χ0) is 15.2. The van der Waals surface area contributed by atoms with Crippen molar-refractivity contribution in [1.82, 2.24) is 4.90 Å². The average Bonchev–Trinajstić information content (AvgIpc) is 3.01. The molecule has 2 aliphatic heterocycles. The second-order valence-electron chi connectivity index (χ2n) is 5.84. The number of aliphatic hydroxyl groups is 1. The van der Waals surface area contributed by atoms with Crippen molar-refractivity contribution >= 4 is 11.8 Å². The molecule has 3 atom stereocenters. The van der Waals surface area contributed by atoms with Gasteiger partial charge in [-0.05, 0) is 12.8 Å². The molecule has 21 heavy (non-hydrogen) atoms. The van der Waals surface area contributed by atoms with E-state index < -0.39 is 0 Å². The lowest BCUT2D eigenvalue weighted by Crippen LogP contribution is -2.35. The minimum Gasteiger partial charge on any atom is -0.396 e. The number of rotatable bonds is 9. The van der Waals surface area contributed by atoms with Crippen molar-refractivity contribution in [2.45, 2.75) is 44.6 Å². The smallest absolute Gasteiger partial charge is 0.236 e. The Hall–Kier alpha value is -1.20. The molecule has 3 unspecified atom stereocenters. The molecule has 1 N–H and O–H groups in total. The number of fused-ring (bicyclic) bond motifs is 1. The van der Waals surface area contributed by atoms with Crippen LogP contribution < -0.4 is 0 Å².